The Kier molecular flexibility index (Phi) is 4.79. The fourth-order valence-corrected chi connectivity index (χ4v) is 2.20. The molecule has 1 aromatic carbocycles. The molecule has 1 rings (SSSR count). The molecule has 0 spiro atoms. The summed E-state index contributed by atoms with van der Waals surface area (Å²) in [6, 6.07) is 3.97. The van der Waals surface area contributed by atoms with Crippen LogP contribution in [-0.2, 0) is 6.42 Å². The third-order valence-corrected chi connectivity index (χ3v) is 3.04. The van der Waals surface area contributed by atoms with E-state index in [-0.39, 0.29) is 12.8 Å². The molecule has 4 heteroatoms. The highest BCUT2D eigenvalue weighted by Gasteiger charge is 2.28. The van der Waals surface area contributed by atoms with Gasteiger partial charge < -0.3 is 5.11 Å². The number of hydrogen-bond acceptors (Lipinski definition) is 1. The van der Waals surface area contributed by atoms with Crippen LogP contribution < -0.4 is 0 Å². The predicted octanol–water partition coefficient (Wildman–Crippen LogP) is 3.86. The minimum absolute atomic E-state index is 0.240. The molecule has 102 valence electrons. The molecule has 0 saturated heterocycles. The largest absolute Gasteiger partial charge is 0.393 e. The second-order valence-corrected chi connectivity index (χ2v) is 4.89. The lowest BCUT2D eigenvalue weighted by molar-refractivity contribution is -0.139. The van der Waals surface area contributed by atoms with Gasteiger partial charge >= 0.3 is 6.18 Å². The highest BCUT2D eigenvalue weighted by atomic mass is 19.4. The SMILES string of the molecule is Cc1cc(C)c(CC(O)CCC(F)(F)F)c(C)c1. The van der Waals surface area contributed by atoms with Crippen LogP contribution in [0.25, 0.3) is 0 Å². The van der Waals surface area contributed by atoms with Gasteiger partial charge in [-0.15, -0.1) is 0 Å². The molecule has 0 saturated carbocycles. The summed E-state index contributed by atoms with van der Waals surface area (Å²) < 4.78 is 36.2. The molecular weight excluding hydrogens is 241 g/mol. The van der Waals surface area contributed by atoms with Gasteiger partial charge in [0.2, 0.25) is 0 Å². The van der Waals surface area contributed by atoms with Gasteiger partial charge in [0, 0.05) is 6.42 Å². The number of aliphatic hydroxyl groups excluding tert-OH is 1. The number of alkyl halides is 3. The summed E-state index contributed by atoms with van der Waals surface area (Å²) >= 11 is 0. The molecule has 1 nitrogen and oxygen atoms in total. The van der Waals surface area contributed by atoms with Crippen LogP contribution in [0.1, 0.15) is 35.1 Å². The molecule has 1 atom stereocenters. The Bertz CT molecular complexity index is 387. The molecule has 0 fully saturated rings. The van der Waals surface area contributed by atoms with Gasteiger partial charge in [-0.25, -0.2) is 0 Å². The molecule has 0 aliphatic rings. The van der Waals surface area contributed by atoms with Crippen molar-refractivity contribution < 1.29 is 18.3 Å². The Hall–Kier alpha value is -1.03. The first kappa shape index (κ1) is 15.0. The lowest BCUT2D eigenvalue weighted by Gasteiger charge is -2.16. The average molecular weight is 260 g/mol. The van der Waals surface area contributed by atoms with E-state index < -0.39 is 18.7 Å². The fraction of sp³-hybridized carbons (Fsp3) is 0.571. The van der Waals surface area contributed by atoms with E-state index in [1.165, 1.54) is 0 Å². The molecule has 0 radical (unpaired) electrons. The second-order valence-electron chi connectivity index (χ2n) is 4.89. The fourth-order valence-electron chi connectivity index (χ4n) is 2.20. The molecule has 1 aromatic rings. The summed E-state index contributed by atoms with van der Waals surface area (Å²) in [6.45, 7) is 5.82. The lowest BCUT2D eigenvalue weighted by Crippen LogP contribution is -2.17. The van der Waals surface area contributed by atoms with Crippen molar-refractivity contribution in [3.63, 3.8) is 0 Å². The Balaban J connectivity index is 2.68. The summed E-state index contributed by atoms with van der Waals surface area (Å²) in [4.78, 5) is 0. The molecule has 0 heterocycles. The highest BCUT2D eigenvalue weighted by Crippen LogP contribution is 2.24. The number of aliphatic hydroxyl groups is 1. The first-order valence-electron chi connectivity index (χ1n) is 6.00. The van der Waals surface area contributed by atoms with Gasteiger partial charge in [-0.05, 0) is 50.3 Å². The summed E-state index contributed by atoms with van der Waals surface area (Å²) in [6.07, 6.45) is -6.02. The number of hydrogen-bond donors (Lipinski definition) is 1. The maximum absolute atomic E-state index is 12.1. The molecule has 0 aromatic heterocycles. The first-order chi connectivity index (χ1) is 8.19. The van der Waals surface area contributed by atoms with Crippen molar-refractivity contribution in [2.24, 2.45) is 0 Å². The maximum atomic E-state index is 12.1. The van der Waals surface area contributed by atoms with Crippen LogP contribution in [-0.4, -0.2) is 17.4 Å². The van der Waals surface area contributed by atoms with Crippen LogP contribution in [0, 0.1) is 20.8 Å². The van der Waals surface area contributed by atoms with Crippen LogP contribution in [0.2, 0.25) is 0 Å². The zero-order valence-electron chi connectivity index (χ0n) is 10.9. The van der Waals surface area contributed by atoms with E-state index in [0.29, 0.717) is 0 Å². The summed E-state index contributed by atoms with van der Waals surface area (Å²) in [7, 11) is 0. The van der Waals surface area contributed by atoms with Gasteiger partial charge in [0.1, 0.15) is 0 Å². The van der Waals surface area contributed by atoms with E-state index in [9.17, 15) is 18.3 Å². The number of rotatable bonds is 4. The van der Waals surface area contributed by atoms with Crippen molar-refractivity contribution in [3.8, 4) is 0 Å². The Morgan fingerprint density at radius 1 is 1.11 bits per heavy atom. The quantitative estimate of drug-likeness (QED) is 0.871. The van der Waals surface area contributed by atoms with Crippen LogP contribution in [0.4, 0.5) is 13.2 Å². The van der Waals surface area contributed by atoms with Crippen LogP contribution in [0.5, 0.6) is 0 Å². The predicted molar refractivity (Wildman–Crippen MR) is 65.7 cm³/mol. The molecule has 0 bridgehead atoms. The standard InChI is InChI=1S/C14H19F3O/c1-9-6-10(2)13(11(3)7-9)8-12(18)4-5-14(15,16)17/h6-7,12,18H,4-5,8H2,1-3H3. The summed E-state index contributed by atoms with van der Waals surface area (Å²) in [5, 5.41) is 9.68. The van der Waals surface area contributed by atoms with E-state index in [2.05, 4.69) is 0 Å². The van der Waals surface area contributed by atoms with E-state index in [0.717, 1.165) is 22.3 Å². The molecule has 0 aliphatic carbocycles. The van der Waals surface area contributed by atoms with Crippen molar-refractivity contribution in [2.45, 2.75) is 52.3 Å². The van der Waals surface area contributed by atoms with E-state index >= 15 is 0 Å². The number of aryl methyl sites for hydroxylation is 3. The first-order valence-corrected chi connectivity index (χ1v) is 6.00. The Labute approximate surface area is 106 Å². The van der Waals surface area contributed by atoms with Crippen molar-refractivity contribution in [3.05, 3.63) is 34.4 Å². The summed E-state index contributed by atoms with van der Waals surface area (Å²) in [5.41, 5.74) is 4.13. The maximum Gasteiger partial charge on any atom is 0.389 e. The summed E-state index contributed by atoms with van der Waals surface area (Å²) in [5.74, 6) is 0. The van der Waals surface area contributed by atoms with Crippen LogP contribution in [0.3, 0.4) is 0 Å². The second kappa shape index (κ2) is 5.74. The normalized spacial score (nSPS) is 13.7. The Morgan fingerprint density at radius 3 is 2.06 bits per heavy atom. The third kappa shape index (κ3) is 4.69. The van der Waals surface area contributed by atoms with Gasteiger partial charge in [0.15, 0.2) is 0 Å². The highest BCUT2D eigenvalue weighted by molar-refractivity contribution is 5.37. The molecule has 0 amide bonds. The number of benzene rings is 1. The van der Waals surface area contributed by atoms with Gasteiger partial charge in [-0.2, -0.15) is 13.2 Å². The molecular formula is C14H19F3O. The zero-order chi connectivity index (χ0) is 13.9. The Morgan fingerprint density at radius 2 is 1.61 bits per heavy atom. The van der Waals surface area contributed by atoms with Crippen molar-refractivity contribution in [1.29, 1.82) is 0 Å². The molecule has 18 heavy (non-hydrogen) atoms. The molecule has 1 unspecified atom stereocenters. The lowest BCUT2D eigenvalue weighted by atomic mass is 9.94. The van der Waals surface area contributed by atoms with Crippen molar-refractivity contribution >= 4 is 0 Å². The monoisotopic (exact) mass is 260 g/mol. The topological polar surface area (TPSA) is 20.2 Å². The van der Waals surface area contributed by atoms with Gasteiger partial charge in [-0.1, -0.05) is 17.7 Å². The van der Waals surface area contributed by atoms with E-state index in [1.807, 2.05) is 32.9 Å². The van der Waals surface area contributed by atoms with E-state index in [4.69, 9.17) is 0 Å². The molecule has 1 N–H and O–H groups in total. The third-order valence-electron chi connectivity index (χ3n) is 3.04. The van der Waals surface area contributed by atoms with Crippen molar-refractivity contribution in [1.82, 2.24) is 0 Å². The zero-order valence-corrected chi connectivity index (χ0v) is 10.9. The van der Waals surface area contributed by atoms with Crippen LogP contribution in [0.15, 0.2) is 12.1 Å². The minimum atomic E-state index is -4.20. The van der Waals surface area contributed by atoms with Gasteiger partial charge in [0.05, 0.1) is 6.10 Å². The van der Waals surface area contributed by atoms with Crippen molar-refractivity contribution in [2.75, 3.05) is 0 Å². The average Bonchev–Trinajstić information content (AvgIpc) is 2.19. The number of halogens is 3. The van der Waals surface area contributed by atoms with Gasteiger partial charge in [0.25, 0.3) is 0 Å². The van der Waals surface area contributed by atoms with E-state index in [1.54, 1.807) is 0 Å². The molecule has 0 aliphatic heterocycles. The van der Waals surface area contributed by atoms with Crippen LogP contribution >= 0.6 is 0 Å². The minimum Gasteiger partial charge on any atom is -0.393 e. The smallest absolute Gasteiger partial charge is 0.389 e. The van der Waals surface area contributed by atoms with Gasteiger partial charge in [-0.3, -0.25) is 0 Å².